The third-order valence-corrected chi connectivity index (χ3v) is 5.37. The van der Waals surface area contributed by atoms with Crippen LogP contribution in [-0.2, 0) is 0 Å². The number of urea groups is 1. The second kappa shape index (κ2) is 8.29. The number of carbonyl (C=O) groups excluding carboxylic acids is 2. The summed E-state index contributed by atoms with van der Waals surface area (Å²) in [5, 5.41) is 8.79. The number of rotatable bonds is 4. The predicted molar refractivity (Wildman–Crippen MR) is 101 cm³/mol. The maximum absolute atomic E-state index is 13.5. The van der Waals surface area contributed by atoms with Crippen molar-refractivity contribution in [1.29, 1.82) is 0 Å². The summed E-state index contributed by atoms with van der Waals surface area (Å²) in [6.45, 7) is 1.66. The van der Waals surface area contributed by atoms with Gasteiger partial charge in [0.15, 0.2) is 0 Å². The number of primary amides is 1. The van der Waals surface area contributed by atoms with Crippen LogP contribution in [0.15, 0.2) is 30.3 Å². The molecule has 1 saturated heterocycles. The van der Waals surface area contributed by atoms with E-state index in [-0.39, 0.29) is 17.8 Å². The van der Waals surface area contributed by atoms with Crippen molar-refractivity contribution in [3.8, 4) is 10.4 Å². The van der Waals surface area contributed by atoms with Gasteiger partial charge in [-0.3, -0.25) is 4.79 Å². The molecular weight excluding hydrogens is 355 g/mol. The van der Waals surface area contributed by atoms with Crippen LogP contribution >= 0.6 is 11.3 Å². The van der Waals surface area contributed by atoms with Gasteiger partial charge >= 0.3 is 6.03 Å². The molecule has 0 bridgehead atoms. The van der Waals surface area contributed by atoms with Crippen LogP contribution in [0.2, 0.25) is 0 Å². The van der Waals surface area contributed by atoms with Gasteiger partial charge in [-0.15, -0.1) is 11.3 Å². The van der Waals surface area contributed by atoms with E-state index >= 15 is 0 Å². The van der Waals surface area contributed by atoms with E-state index in [0.29, 0.717) is 27.5 Å². The minimum Gasteiger partial charge on any atom is -0.351 e. The number of nitrogens with one attached hydrogen (secondary N) is 3. The Kier molecular flexibility index (Phi) is 5.85. The smallest absolute Gasteiger partial charge is 0.316 e. The minimum atomic E-state index is -0.751. The fraction of sp³-hybridized carbons (Fsp3) is 0.333. The van der Waals surface area contributed by atoms with Gasteiger partial charge < -0.3 is 21.7 Å². The van der Waals surface area contributed by atoms with Crippen LogP contribution in [0.5, 0.6) is 0 Å². The van der Waals surface area contributed by atoms with E-state index in [1.54, 1.807) is 18.2 Å². The molecule has 2 heterocycles. The molecule has 1 aliphatic heterocycles. The monoisotopic (exact) mass is 376 g/mol. The maximum Gasteiger partial charge on any atom is 0.316 e. The molecule has 138 valence electrons. The highest BCUT2D eigenvalue weighted by atomic mass is 32.1. The van der Waals surface area contributed by atoms with Crippen LogP contribution in [0, 0.1) is 5.82 Å². The van der Waals surface area contributed by atoms with Crippen molar-refractivity contribution in [2.45, 2.75) is 25.3 Å². The van der Waals surface area contributed by atoms with Crippen molar-refractivity contribution >= 4 is 29.0 Å². The number of benzene rings is 1. The molecule has 3 rings (SSSR count). The van der Waals surface area contributed by atoms with E-state index in [9.17, 15) is 14.0 Å². The van der Waals surface area contributed by atoms with E-state index in [4.69, 9.17) is 5.73 Å². The molecule has 8 heteroatoms. The number of carbonyl (C=O) groups is 2. The number of amides is 3. The molecule has 6 nitrogen and oxygen atoms in total. The fourth-order valence-electron chi connectivity index (χ4n) is 2.96. The number of halogens is 1. The summed E-state index contributed by atoms with van der Waals surface area (Å²) in [7, 11) is 0. The molecule has 0 aliphatic carbocycles. The highest BCUT2D eigenvalue weighted by Crippen LogP contribution is 2.35. The Labute approximate surface area is 155 Å². The van der Waals surface area contributed by atoms with E-state index in [2.05, 4.69) is 16.0 Å². The standard InChI is InChI=1S/C18H21FN4O2S/c19-12-5-3-4-11(8-12)15-9-14(23-18(20)25)16(26-15)17(24)22-13-6-1-2-7-21-10-13/h3-5,8-9,13,21H,1-2,6-7,10H2,(H,22,24)(H3,20,23,25)/t13-/m1/s1. The van der Waals surface area contributed by atoms with Crippen LogP contribution in [0.25, 0.3) is 10.4 Å². The van der Waals surface area contributed by atoms with Crippen molar-refractivity contribution in [2.75, 3.05) is 18.4 Å². The summed E-state index contributed by atoms with van der Waals surface area (Å²) >= 11 is 1.20. The third kappa shape index (κ3) is 4.59. The Morgan fingerprint density at radius 1 is 1.27 bits per heavy atom. The third-order valence-electron chi connectivity index (χ3n) is 4.19. The van der Waals surface area contributed by atoms with Crippen molar-refractivity contribution in [2.24, 2.45) is 5.73 Å². The molecule has 1 aliphatic rings. The van der Waals surface area contributed by atoms with Crippen molar-refractivity contribution in [3.05, 3.63) is 41.0 Å². The van der Waals surface area contributed by atoms with Crippen LogP contribution in [0.3, 0.4) is 0 Å². The van der Waals surface area contributed by atoms with Crippen LogP contribution in [0.4, 0.5) is 14.9 Å². The zero-order valence-corrected chi connectivity index (χ0v) is 15.0. The Bertz CT molecular complexity index is 800. The van der Waals surface area contributed by atoms with E-state index in [1.807, 2.05) is 0 Å². The average molecular weight is 376 g/mol. The zero-order valence-electron chi connectivity index (χ0n) is 14.2. The van der Waals surface area contributed by atoms with Crippen molar-refractivity contribution < 1.29 is 14.0 Å². The minimum absolute atomic E-state index is 0.0335. The van der Waals surface area contributed by atoms with E-state index < -0.39 is 6.03 Å². The zero-order chi connectivity index (χ0) is 18.5. The highest BCUT2D eigenvalue weighted by molar-refractivity contribution is 7.18. The predicted octanol–water partition coefficient (Wildman–Crippen LogP) is 2.92. The van der Waals surface area contributed by atoms with E-state index in [1.165, 1.54) is 23.5 Å². The molecule has 26 heavy (non-hydrogen) atoms. The number of nitrogens with two attached hydrogens (primary N) is 1. The largest absolute Gasteiger partial charge is 0.351 e. The molecule has 0 saturated carbocycles. The number of anilines is 1. The van der Waals surface area contributed by atoms with Gasteiger partial charge in [0.2, 0.25) is 0 Å². The lowest BCUT2D eigenvalue weighted by atomic mass is 10.1. The van der Waals surface area contributed by atoms with Gasteiger partial charge in [0, 0.05) is 17.5 Å². The molecule has 1 aromatic heterocycles. The molecule has 1 aromatic carbocycles. The average Bonchev–Trinajstić information content (AvgIpc) is 2.83. The van der Waals surface area contributed by atoms with Gasteiger partial charge in [-0.05, 0) is 43.1 Å². The summed E-state index contributed by atoms with van der Waals surface area (Å²) in [4.78, 5) is 25.1. The first-order valence-corrected chi connectivity index (χ1v) is 9.32. The van der Waals surface area contributed by atoms with Crippen molar-refractivity contribution in [3.63, 3.8) is 0 Å². The lowest BCUT2D eigenvalue weighted by molar-refractivity contribution is 0.0940. The Balaban J connectivity index is 1.86. The topological polar surface area (TPSA) is 96.2 Å². The lowest BCUT2D eigenvalue weighted by Crippen LogP contribution is -2.40. The quantitative estimate of drug-likeness (QED) is 0.661. The molecule has 5 N–H and O–H groups in total. The molecule has 0 spiro atoms. The van der Waals surface area contributed by atoms with Gasteiger partial charge in [-0.1, -0.05) is 18.6 Å². The molecule has 0 unspecified atom stereocenters. The first-order chi connectivity index (χ1) is 12.5. The second-order valence-corrected chi connectivity index (χ2v) is 7.28. The van der Waals surface area contributed by atoms with E-state index in [0.717, 1.165) is 25.8 Å². The Morgan fingerprint density at radius 3 is 2.88 bits per heavy atom. The fourth-order valence-corrected chi connectivity index (χ4v) is 3.98. The van der Waals surface area contributed by atoms with Gasteiger partial charge in [0.05, 0.1) is 5.69 Å². The van der Waals surface area contributed by atoms with Crippen LogP contribution in [0.1, 0.15) is 28.9 Å². The van der Waals surface area contributed by atoms with Gasteiger partial charge in [0.1, 0.15) is 10.7 Å². The molecular formula is C18H21FN4O2S. The summed E-state index contributed by atoms with van der Waals surface area (Å²) in [5.41, 5.74) is 6.19. The molecule has 2 aromatic rings. The summed E-state index contributed by atoms with van der Waals surface area (Å²) in [6, 6.07) is 7.01. The first kappa shape index (κ1) is 18.3. The summed E-state index contributed by atoms with van der Waals surface area (Å²) in [6.07, 6.45) is 3.03. The molecule has 0 radical (unpaired) electrons. The number of hydrogen-bond acceptors (Lipinski definition) is 4. The maximum atomic E-state index is 13.5. The SMILES string of the molecule is NC(=O)Nc1cc(-c2cccc(F)c2)sc1C(=O)N[C@@H]1CCCCNC1. The molecule has 1 atom stereocenters. The number of thiophene rings is 1. The van der Waals surface area contributed by atoms with Crippen molar-refractivity contribution in [1.82, 2.24) is 10.6 Å². The molecule has 3 amide bonds. The van der Waals surface area contributed by atoms with Gasteiger partial charge in [0.25, 0.3) is 5.91 Å². The normalized spacial score (nSPS) is 17.3. The first-order valence-electron chi connectivity index (χ1n) is 8.51. The molecule has 1 fully saturated rings. The van der Waals surface area contributed by atoms with Crippen LogP contribution in [-0.4, -0.2) is 31.1 Å². The lowest BCUT2D eigenvalue weighted by Gasteiger charge is -2.16. The Hall–Kier alpha value is -2.45. The van der Waals surface area contributed by atoms with Gasteiger partial charge in [-0.25, -0.2) is 9.18 Å². The Morgan fingerprint density at radius 2 is 2.12 bits per heavy atom. The van der Waals surface area contributed by atoms with Gasteiger partial charge in [-0.2, -0.15) is 0 Å². The summed E-state index contributed by atoms with van der Waals surface area (Å²) < 4.78 is 13.5. The van der Waals surface area contributed by atoms with Crippen LogP contribution < -0.4 is 21.7 Å². The number of hydrogen-bond donors (Lipinski definition) is 4. The highest BCUT2D eigenvalue weighted by Gasteiger charge is 2.21. The summed E-state index contributed by atoms with van der Waals surface area (Å²) in [5.74, 6) is -0.633. The second-order valence-electron chi connectivity index (χ2n) is 6.22.